The minimum atomic E-state index is 0.355. The summed E-state index contributed by atoms with van der Waals surface area (Å²) in [5.41, 5.74) is 1.31. The van der Waals surface area contributed by atoms with Crippen molar-refractivity contribution in [1.29, 1.82) is 0 Å². The Morgan fingerprint density at radius 3 is 2.93 bits per heavy atom. The second-order valence-corrected chi connectivity index (χ2v) is 5.07. The molecule has 0 N–H and O–H groups in total. The number of rotatable bonds is 3. The molecular weight excluding hydrogens is 244 g/mol. The van der Waals surface area contributed by atoms with E-state index in [0.29, 0.717) is 11.6 Å². The quantitative estimate of drug-likeness (QED) is 0.774. The minimum absolute atomic E-state index is 0.355. The first-order chi connectivity index (χ1) is 6.75. The van der Waals surface area contributed by atoms with Crippen LogP contribution in [0.3, 0.4) is 0 Å². The number of hydrogen-bond donors (Lipinski definition) is 0. The molecule has 0 radical (unpaired) electrons. The Bertz CT molecular complexity index is 323. The molecule has 14 heavy (non-hydrogen) atoms. The maximum atomic E-state index is 5.31. The maximum absolute atomic E-state index is 5.31. The zero-order valence-corrected chi connectivity index (χ0v) is 9.71. The molecule has 76 valence electrons. The fourth-order valence-corrected chi connectivity index (χ4v) is 1.69. The lowest BCUT2D eigenvalue weighted by Gasteiger charge is -2.04. The van der Waals surface area contributed by atoms with Crippen molar-refractivity contribution in [2.45, 2.75) is 24.6 Å². The lowest BCUT2D eigenvalue weighted by atomic mass is 10.1. The minimum Gasteiger partial charge on any atom is -0.454 e. The number of alkyl halides is 1. The summed E-state index contributed by atoms with van der Waals surface area (Å²) < 4.78 is 10.6. The number of halogens is 1. The molecule has 0 aromatic heterocycles. The molecule has 0 aliphatic carbocycles. The Hall–Kier alpha value is -0.700. The molecule has 0 saturated heterocycles. The Morgan fingerprint density at radius 1 is 1.36 bits per heavy atom. The van der Waals surface area contributed by atoms with Gasteiger partial charge in [0.2, 0.25) is 6.79 Å². The highest BCUT2D eigenvalue weighted by atomic mass is 79.9. The van der Waals surface area contributed by atoms with E-state index in [0.717, 1.165) is 24.3 Å². The molecule has 1 aromatic carbocycles. The van der Waals surface area contributed by atoms with Gasteiger partial charge in [0.25, 0.3) is 0 Å². The average molecular weight is 257 g/mol. The van der Waals surface area contributed by atoms with E-state index in [-0.39, 0.29) is 0 Å². The summed E-state index contributed by atoms with van der Waals surface area (Å²) in [6, 6.07) is 6.15. The number of hydrogen-bond acceptors (Lipinski definition) is 2. The van der Waals surface area contributed by atoms with E-state index >= 15 is 0 Å². The Morgan fingerprint density at radius 2 is 2.14 bits per heavy atom. The van der Waals surface area contributed by atoms with E-state index in [1.807, 2.05) is 6.07 Å². The normalized spacial score (nSPS) is 15.6. The molecule has 1 heterocycles. The van der Waals surface area contributed by atoms with Crippen LogP contribution in [0.15, 0.2) is 18.2 Å². The topological polar surface area (TPSA) is 18.5 Å². The highest BCUT2D eigenvalue weighted by Gasteiger charge is 2.12. The molecule has 1 aromatic rings. The predicted octanol–water partition coefficient (Wildman–Crippen LogP) is 3.13. The number of benzene rings is 1. The van der Waals surface area contributed by atoms with Gasteiger partial charge in [-0.05, 0) is 30.5 Å². The van der Waals surface area contributed by atoms with Gasteiger partial charge in [-0.25, -0.2) is 0 Å². The monoisotopic (exact) mass is 256 g/mol. The summed E-state index contributed by atoms with van der Waals surface area (Å²) in [7, 11) is 0. The molecule has 2 nitrogen and oxygen atoms in total. The van der Waals surface area contributed by atoms with Crippen LogP contribution in [0.5, 0.6) is 11.5 Å². The number of aryl methyl sites for hydroxylation is 1. The van der Waals surface area contributed by atoms with Crippen molar-refractivity contribution in [2.75, 3.05) is 6.79 Å². The van der Waals surface area contributed by atoms with Crippen molar-refractivity contribution >= 4 is 15.9 Å². The van der Waals surface area contributed by atoms with Crippen LogP contribution in [-0.4, -0.2) is 11.6 Å². The highest BCUT2D eigenvalue weighted by Crippen LogP contribution is 2.32. The second-order valence-electron chi connectivity index (χ2n) is 3.51. The zero-order chi connectivity index (χ0) is 9.97. The maximum Gasteiger partial charge on any atom is 0.231 e. The van der Waals surface area contributed by atoms with Crippen LogP contribution in [0.2, 0.25) is 0 Å². The highest BCUT2D eigenvalue weighted by molar-refractivity contribution is 9.09. The van der Waals surface area contributed by atoms with Gasteiger partial charge in [-0.3, -0.25) is 0 Å². The van der Waals surface area contributed by atoms with E-state index in [1.54, 1.807) is 0 Å². The molecule has 0 spiro atoms. The van der Waals surface area contributed by atoms with Crippen LogP contribution < -0.4 is 9.47 Å². The van der Waals surface area contributed by atoms with Gasteiger partial charge in [-0.2, -0.15) is 0 Å². The van der Waals surface area contributed by atoms with E-state index in [2.05, 4.69) is 35.0 Å². The molecule has 0 fully saturated rings. The van der Waals surface area contributed by atoms with Crippen LogP contribution in [0.1, 0.15) is 18.9 Å². The van der Waals surface area contributed by atoms with Gasteiger partial charge in [0.15, 0.2) is 11.5 Å². The lowest BCUT2D eigenvalue weighted by Crippen LogP contribution is -1.94. The van der Waals surface area contributed by atoms with Crippen molar-refractivity contribution in [3.05, 3.63) is 23.8 Å². The molecule has 0 bridgehead atoms. The van der Waals surface area contributed by atoms with Gasteiger partial charge < -0.3 is 9.47 Å². The molecule has 0 saturated carbocycles. The molecule has 1 unspecified atom stereocenters. The van der Waals surface area contributed by atoms with E-state index in [1.165, 1.54) is 5.56 Å². The van der Waals surface area contributed by atoms with Crippen molar-refractivity contribution in [2.24, 2.45) is 0 Å². The Labute approximate surface area is 92.3 Å². The molecular formula is C11H13BrO2. The molecule has 1 aliphatic heterocycles. The van der Waals surface area contributed by atoms with Gasteiger partial charge in [0.05, 0.1) is 0 Å². The van der Waals surface area contributed by atoms with Crippen LogP contribution in [0.25, 0.3) is 0 Å². The summed E-state index contributed by atoms with van der Waals surface area (Å²) in [5.74, 6) is 1.74. The van der Waals surface area contributed by atoms with Gasteiger partial charge in [-0.15, -0.1) is 0 Å². The summed E-state index contributed by atoms with van der Waals surface area (Å²) >= 11 is 3.54. The predicted molar refractivity (Wildman–Crippen MR) is 59.3 cm³/mol. The fraction of sp³-hybridized carbons (Fsp3) is 0.455. The second kappa shape index (κ2) is 4.22. The van der Waals surface area contributed by atoms with Gasteiger partial charge in [0, 0.05) is 4.83 Å². The van der Waals surface area contributed by atoms with Crippen molar-refractivity contribution in [1.82, 2.24) is 0 Å². The van der Waals surface area contributed by atoms with E-state index in [9.17, 15) is 0 Å². The Kier molecular flexibility index (Phi) is 2.96. The first kappa shape index (κ1) is 9.84. The van der Waals surface area contributed by atoms with Crippen molar-refractivity contribution < 1.29 is 9.47 Å². The summed E-state index contributed by atoms with van der Waals surface area (Å²) in [5, 5.41) is 0. The molecule has 0 amide bonds. The molecule has 3 heteroatoms. The lowest BCUT2D eigenvalue weighted by molar-refractivity contribution is 0.174. The third kappa shape index (κ3) is 2.21. The van der Waals surface area contributed by atoms with Crippen LogP contribution >= 0.6 is 15.9 Å². The summed E-state index contributed by atoms with van der Waals surface area (Å²) in [6.07, 6.45) is 2.21. The number of ether oxygens (including phenoxy) is 2. The fourth-order valence-electron chi connectivity index (χ4n) is 1.46. The summed E-state index contributed by atoms with van der Waals surface area (Å²) in [6.45, 7) is 2.51. The van der Waals surface area contributed by atoms with Crippen LogP contribution in [-0.2, 0) is 6.42 Å². The van der Waals surface area contributed by atoms with E-state index < -0.39 is 0 Å². The van der Waals surface area contributed by atoms with Gasteiger partial charge in [-0.1, -0.05) is 28.9 Å². The zero-order valence-electron chi connectivity index (χ0n) is 8.13. The first-order valence-electron chi connectivity index (χ1n) is 4.78. The van der Waals surface area contributed by atoms with Crippen LogP contribution in [0, 0.1) is 0 Å². The third-order valence-electron chi connectivity index (χ3n) is 2.27. The average Bonchev–Trinajstić information content (AvgIpc) is 2.61. The summed E-state index contributed by atoms with van der Waals surface area (Å²) in [4.78, 5) is 0.563. The SMILES string of the molecule is CC(Br)CCc1ccc2c(c1)OCO2. The smallest absolute Gasteiger partial charge is 0.231 e. The largest absolute Gasteiger partial charge is 0.454 e. The number of fused-ring (bicyclic) bond motifs is 1. The first-order valence-corrected chi connectivity index (χ1v) is 5.70. The Balaban J connectivity index is 2.05. The van der Waals surface area contributed by atoms with Gasteiger partial charge >= 0.3 is 0 Å². The third-order valence-corrected chi connectivity index (χ3v) is 2.73. The van der Waals surface area contributed by atoms with Crippen molar-refractivity contribution in [3.8, 4) is 11.5 Å². The molecule has 2 rings (SSSR count). The van der Waals surface area contributed by atoms with E-state index in [4.69, 9.17) is 9.47 Å². The van der Waals surface area contributed by atoms with Crippen LogP contribution in [0.4, 0.5) is 0 Å². The standard InChI is InChI=1S/C11H13BrO2/c1-8(12)2-3-9-4-5-10-11(6-9)14-7-13-10/h4-6,8H,2-3,7H2,1H3. The molecule has 1 atom stereocenters. The molecule has 1 aliphatic rings. The van der Waals surface area contributed by atoms with Gasteiger partial charge in [0.1, 0.15) is 0 Å². The van der Waals surface area contributed by atoms with Crippen molar-refractivity contribution in [3.63, 3.8) is 0 Å².